The number of nitrogens with zero attached hydrogens (tertiary/aromatic N) is 2. The number of carbonyl (C=O) groups is 1. The van der Waals surface area contributed by atoms with Gasteiger partial charge in [-0.1, -0.05) is 42.5 Å². The van der Waals surface area contributed by atoms with Crippen molar-refractivity contribution in [3.63, 3.8) is 0 Å². The molecule has 0 aliphatic carbocycles. The lowest BCUT2D eigenvalue weighted by atomic mass is 10.1. The Hall–Kier alpha value is -3.02. The number of sulfonamides is 1. The summed E-state index contributed by atoms with van der Waals surface area (Å²) in [6, 6.07) is 15.4. The van der Waals surface area contributed by atoms with Crippen molar-refractivity contribution in [2.45, 2.75) is 19.4 Å². The minimum absolute atomic E-state index is 0.0926. The Balaban J connectivity index is 1.45. The fraction of sp³-hybridized carbons (Fsp3) is 0.370. The van der Waals surface area contributed by atoms with Crippen LogP contribution in [0.5, 0.6) is 0 Å². The van der Waals surface area contributed by atoms with Crippen LogP contribution >= 0.6 is 0 Å². The summed E-state index contributed by atoms with van der Waals surface area (Å²) in [5.74, 6) is -0.522. The van der Waals surface area contributed by atoms with Gasteiger partial charge in [0.05, 0.1) is 19.0 Å². The van der Waals surface area contributed by atoms with Gasteiger partial charge < -0.3 is 9.72 Å². The van der Waals surface area contributed by atoms with Gasteiger partial charge in [0.1, 0.15) is 0 Å². The fourth-order valence-corrected chi connectivity index (χ4v) is 5.94. The number of carbonyl (C=O) groups excluding carboxylic acids is 1. The van der Waals surface area contributed by atoms with Crippen molar-refractivity contribution >= 4 is 32.9 Å². The number of H-pyrrole nitrogens is 1. The summed E-state index contributed by atoms with van der Waals surface area (Å²) in [5, 5.41) is 9.73. The average Bonchev–Trinajstić information content (AvgIpc) is 3.33. The molecule has 0 unspecified atom stereocenters. The van der Waals surface area contributed by atoms with E-state index in [1.807, 2.05) is 54.7 Å². The summed E-state index contributed by atoms with van der Waals surface area (Å²) in [7, 11) is -3.49. The number of hydrogen-bond acceptors (Lipinski definition) is 6. The smallest absolute Gasteiger partial charge is 0.267 e. The lowest BCUT2D eigenvalue weighted by molar-refractivity contribution is -0.124. The summed E-state index contributed by atoms with van der Waals surface area (Å²) < 4.78 is 33.9. The van der Waals surface area contributed by atoms with Crippen LogP contribution in [0.3, 0.4) is 0 Å². The third-order valence-corrected chi connectivity index (χ3v) is 8.46. The van der Waals surface area contributed by atoms with Gasteiger partial charge in [0.2, 0.25) is 10.0 Å². The first kappa shape index (κ1) is 27.0. The van der Waals surface area contributed by atoms with Crippen molar-refractivity contribution in [1.29, 1.82) is 0 Å². The molecule has 3 N–H and O–H groups in total. The molecule has 0 spiro atoms. The molecule has 4 rings (SSSR count). The highest BCUT2D eigenvalue weighted by Crippen LogP contribution is 2.20. The van der Waals surface area contributed by atoms with Crippen molar-refractivity contribution in [3.8, 4) is 0 Å². The number of aromatic amines is 1. The predicted octanol–water partition coefficient (Wildman–Crippen LogP) is 2.78. The first-order valence-electron chi connectivity index (χ1n) is 12.5. The van der Waals surface area contributed by atoms with Gasteiger partial charge in [-0.05, 0) is 48.2 Å². The molecule has 10 heteroatoms. The Morgan fingerprint density at radius 3 is 2.65 bits per heavy atom. The predicted molar refractivity (Wildman–Crippen MR) is 143 cm³/mol. The molecule has 1 saturated heterocycles. The SMILES string of the molecule is O=C(C=Cc1ccc(CN(CCc2c[nH]c3ccccc23)S(=O)(=O)CCCN2CCOCC2)cc1)NO. The highest BCUT2D eigenvalue weighted by molar-refractivity contribution is 7.89. The molecule has 37 heavy (non-hydrogen) atoms. The van der Waals surface area contributed by atoms with Crippen LogP contribution in [0, 0.1) is 0 Å². The van der Waals surface area contributed by atoms with Crippen LogP contribution in [0.2, 0.25) is 0 Å². The molecule has 2 aromatic carbocycles. The van der Waals surface area contributed by atoms with E-state index in [0.29, 0.717) is 32.6 Å². The molecule has 0 radical (unpaired) electrons. The van der Waals surface area contributed by atoms with Gasteiger partial charge in [0.15, 0.2) is 0 Å². The second-order valence-electron chi connectivity index (χ2n) is 9.12. The molecule has 2 heterocycles. The van der Waals surface area contributed by atoms with Gasteiger partial charge in [-0.25, -0.2) is 13.9 Å². The molecular formula is C27H34N4O5S. The molecule has 0 atom stereocenters. The number of ether oxygens (including phenoxy) is 1. The number of benzene rings is 2. The van der Waals surface area contributed by atoms with E-state index in [2.05, 4.69) is 9.88 Å². The molecule has 1 aromatic heterocycles. The Labute approximate surface area is 217 Å². The second kappa shape index (κ2) is 13.0. The van der Waals surface area contributed by atoms with Crippen LogP contribution in [0.1, 0.15) is 23.1 Å². The average molecular weight is 527 g/mol. The van der Waals surface area contributed by atoms with Crippen molar-refractivity contribution in [2.75, 3.05) is 45.1 Å². The van der Waals surface area contributed by atoms with Gasteiger partial charge >= 0.3 is 0 Å². The molecule has 9 nitrogen and oxygen atoms in total. The number of hydrogen-bond donors (Lipinski definition) is 3. The maximum Gasteiger partial charge on any atom is 0.267 e. The molecule has 3 aromatic rings. The molecule has 198 valence electrons. The standard InChI is InChI=1S/C27H34N4O5S/c32-27(29-33)11-10-22-6-8-23(9-7-22)21-31(14-12-24-20-28-26-5-2-1-4-25(24)26)37(34,35)19-3-13-30-15-17-36-18-16-30/h1-2,4-11,20,28,33H,3,12-19,21H2,(H,29,32). The van der Waals surface area contributed by atoms with E-state index in [9.17, 15) is 13.2 Å². The number of rotatable bonds is 12. The van der Waals surface area contributed by atoms with E-state index in [1.54, 1.807) is 15.9 Å². The molecule has 1 aliphatic rings. The summed E-state index contributed by atoms with van der Waals surface area (Å²) in [4.78, 5) is 16.7. The molecule has 1 fully saturated rings. The quantitative estimate of drug-likeness (QED) is 0.190. The second-order valence-corrected chi connectivity index (χ2v) is 11.2. The number of hydroxylamine groups is 1. The third-order valence-electron chi connectivity index (χ3n) is 6.56. The Kier molecular flexibility index (Phi) is 9.48. The van der Waals surface area contributed by atoms with E-state index in [4.69, 9.17) is 9.94 Å². The lowest BCUT2D eigenvalue weighted by Gasteiger charge is -2.27. The third kappa shape index (κ3) is 7.73. The first-order valence-corrected chi connectivity index (χ1v) is 14.1. The van der Waals surface area contributed by atoms with Crippen molar-refractivity contribution in [1.82, 2.24) is 19.7 Å². The van der Waals surface area contributed by atoms with Gasteiger partial charge in [-0.15, -0.1) is 0 Å². The van der Waals surface area contributed by atoms with E-state index >= 15 is 0 Å². The molecule has 1 aliphatic heterocycles. The minimum Gasteiger partial charge on any atom is -0.379 e. The summed E-state index contributed by atoms with van der Waals surface area (Å²) in [5.41, 5.74) is 5.31. The van der Waals surface area contributed by atoms with Crippen molar-refractivity contribution in [3.05, 3.63) is 77.5 Å². The van der Waals surface area contributed by atoms with Crippen molar-refractivity contribution < 1.29 is 23.2 Å². The van der Waals surface area contributed by atoms with Crippen molar-refractivity contribution in [2.24, 2.45) is 0 Å². The monoisotopic (exact) mass is 526 g/mol. The summed E-state index contributed by atoms with van der Waals surface area (Å²) >= 11 is 0. The van der Waals surface area contributed by atoms with Gasteiger partial charge in [0, 0.05) is 49.4 Å². The zero-order chi connectivity index (χ0) is 26.1. The molecule has 0 bridgehead atoms. The molecule has 1 amide bonds. The van der Waals surface area contributed by atoms with E-state index in [-0.39, 0.29) is 12.3 Å². The van der Waals surface area contributed by atoms with E-state index < -0.39 is 15.9 Å². The zero-order valence-corrected chi connectivity index (χ0v) is 21.6. The largest absolute Gasteiger partial charge is 0.379 e. The summed E-state index contributed by atoms with van der Waals surface area (Å²) in [6.07, 6.45) is 5.93. The number of fused-ring (bicyclic) bond motifs is 1. The maximum absolute atomic E-state index is 13.5. The maximum atomic E-state index is 13.5. The van der Waals surface area contributed by atoms with Gasteiger partial charge in [-0.2, -0.15) is 4.31 Å². The Morgan fingerprint density at radius 1 is 1.14 bits per heavy atom. The van der Waals surface area contributed by atoms with Crippen LogP contribution in [-0.4, -0.2) is 78.9 Å². The fourth-order valence-electron chi connectivity index (χ4n) is 4.47. The number of aromatic nitrogens is 1. The van der Waals surface area contributed by atoms with E-state index in [1.165, 1.54) is 6.08 Å². The highest BCUT2D eigenvalue weighted by atomic mass is 32.2. The summed E-state index contributed by atoms with van der Waals surface area (Å²) in [6.45, 7) is 4.44. The highest BCUT2D eigenvalue weighted by Gasteiger charge is 2.23. The number of amides is 1. The lowest BCUT2D eigenvalue weighted by Crippen LogP contribution is -2.39. The Bertz CT molecular complexity index is 1300. The number of nitrogens with one attached hydrogen (secondary N) is 2. The van der Waals surface area contributed by atoms with E-state index in [0.717, 1.165) is 47.2 Å². The van der Waals surface area contributed by atoms with Gasteiger partial charge in [0.25, 0.3) is 5.91 Å². The first-order chi connectivity index (χ1) is 17.9. The molecule has 0 saturated carbocycles. The van der Waals surface area contributed by atoms with Gasteiger partial charge in [-0.3, -0.25) is 14.9 Å². The number of morpholine rings is 1. The van der Waals surface area contributed by atoms with Crippen LogP contribution in [-0.2, 0) is 32.5 Å². The molecular weight excluding hydrogens is 492 g/mol. The van der Waals surface area contributed by atoms with Crippen LogP contribution < -0.4 is 5.48 Å². The van der Waals surface area contributed by atoms with Crippen LogP contribution in [0.15, 0.2) is 60.8 Å². The van der Waals surface area contributed by atoms with Crippen LogP contribution in [0.4, 0.5) is 0 Å². The number of para-hydroxylation sites is 1. The normalized spacial score (nSPS) is 15.1. The topological polar surface area (TPSA) is 115 Å². The zero-order valence-electron chi connectivity index (χ0n) is 20.8. The minimum atomic E-state index is -3.49. The Morgan fingerprint density at radius 2 is 1.89 bits per heavy atom. The van der Waals surface area contributed by atoms with Crippen LogP contribution in [0.25, 0.3) is 17.0 Å².